The fourth-order valence-electron chi connectivity index (χ4n) is 4.70. The van der Waals surface area contributed by atoms with Crippen LogP contribution in [0.3, 0.4) is 0 Å². The van der Waals surface area contributed by atoms with E-state index in [1.165, 1.54) is 10.4 Å². The minimum Gasteiger partial charge on any atom is -0.356 e. The van der Waals surface area contributed by atoms with Crippen molar-refractivity contribution in [2.24, 2.45) is 5.92 Å². The van der Waals surface area contributed by atoms with Crippen molar-refractivity contribution in [1.82, 2.24) is 25.3 Å². The van der Waals surface area contributed by atoms with E-state index in [-0.39, 0.29) is 17.9 Å². The van der Waals surface area contributed by atoms with Crippen molar-refractivity contribution in [1.29, 1.82) is 0 Å². The number of rotatable bonds is 7. The lowest BCUT2D eigenvalue weighted by atomic mass is 9.95. The quantitative estimate of drug-likeness (QED) is 0.376. The molecule has 1 aromatic carbocycles. The van der Waals surface area contributed by atoms with Crippen molar-refractivity contribution >= 4 is 56.1 Å². The Labute approximate surface area is 207 Å². The molecule has 0 spiro atoms. The summed E-state index contributed by atoms with van der Waals surface area (Å²) in [6.45, 7) is 5.92. The molecule has 2 N–H and O–H groups in total. The van der Waals surface area contributed by atoms with Crippen LogP contribution in [-0.4, -0.2) is 50.9 Å². The molecule has 1 atom stereocenters. The van der Waals surface area contributed by atoms with Gasteiger partial charge in [0.1, 0.15) is 22.8 Å². The number of hydrogen-bond donors (Lipinski definition) is 2. The van der Waals surface area contributed by atoms with E-state index in [9.17, 15) is 4.79 Å². The number of hydrogen-bond acceptors (Lipinski definition) is 7. The molecular formula is C25H30N6OS2. The minimum atomic E-state index is -0.108. The highest BCUT2D eigenvalue weighted by molar-refractivity contribution is 7.98. The Morgan fingerprint density at radius 2 is 2.06 bits per heavy atom. The molecule has 1 fully saturated rings. The van der Waals surface area contributed by atoms with Crippen LogP contribution in [0.2, 0.25) is 0 Å². The van der Waals surface area contributed by atoms with Gasteiger partial charge < -0.3 is 15.2 Å². The maximum Gasteiger partial charge on any atom is 0.223 e. The zero-order chi connectivity index (χ0) is 23.7. The number of carbonyl (C=O) groups excluding carboxylic acids is 1. The number of amides is 1. The Balaban J connectivity index is 1.27. The maximum absolute atomic E-state index is 13.3. The van der Waals surface area contributed by atoms with E-state index in [0.717, 1.165) is 71.0 Å². The third-order valence-corrected chi connectivity index (χ3v) is 8.53. The number of carbonyl (C=O) groups is 1. The number of thioether (sulfide) groups is 1. The van der Waals surface area contributed by atoms with Gasteiger partial charge in [0.2, 0.25) is 5.91 Å². The third-order valence-electron chi connectivity index (χ3n) is 6.78. The number of piperidine rings is 1. The lowest BCUT2D eigenvalue weighted by Crippen LogP contribution is -2.42. The first-order valence-electron chi connectivity index (χ1n) is 11.7. The molecule has 178 valence electrons. The lowest BCUT2D eigenvalue weighted by molar-refractivity contribution is -0.126. The Hall–Kier alpha value is -2.65. The number of aryl methyl sites for hydroxylation is 2. The van der Waals surface area contributed by atoms with Crippen LogP contribution >= 0.6 is 23.1 Å². The van der Waals surface area contributed by atoms with E-state index >= 15 is 0 Å². The summed E-state index contributed by atoms with van der Waals surface area (Å²) >= 11 is 3.51. The average Bonchev–Trinajstić information content (AvgIpc) is 3.42. The molecule has 7 nitrogen and oxygen atoms in total. The predicted molar refractivity (Wildman–Crippen MR) is 142 cm³/mol. The topological polar surface area (TPSA) is 86.8 Å². The molecule has 4 heterocycles. The summed E-state index contributed by atoms with van der Waals surface area (Å²) in [5.74, 6) is 2.93. The van der Waals surface area contributed by atoms with Crippen LogP contribution < -0.4 is 10.2 Å². The number of benzene rings is 1. The summed E-state index contributed by atoms with van der Waals surface area (Å²) in [7, 11) is 0. The highest BCUT2D eigenvalue weighted by Gasteiger charge is 2.29. The van der Waals surface area contributed by atoms with Crippen LogP contribution in [-0.2, 0) is 4.79 Å². The summed E-state index contributed by atoms with van der Waals surface area (Å²) in [6, 6.07) is 7.90. The molecule has 1 amide bonds. The van der Waals surface area contributed by atoms with Crippen molar-refractivity contribution in [3.63, 3.8) is 0 Å². The number of fused-ring (bicyclic) bond motifs is 2. The van der Waals surface area contributed by atoms with Gasteiger partial charge >= 0.3 is 0 Å². The molecular weight excluding hydrogens is 464 g/mol. The highest BCUT2D eigenvalue weighted by Crippen LogP contribution is 2.35. The number of aromatic amines is 1. The molecule has 0 unspecified atom stereocenters. The average molecular weight is 495 g/mol. The van der Waals surface area contributed by atoms with Crippen molar-refractivity contribution in [3.8, 4) is 0 Å². The molecule has 0 radical (unpaired) electrons. The van der Waals surface area contributed by atoms with E-state index in [0.29, 0.717) is 0 Å². The van der Waals surface area contributed by atoms with Gasteiger partial charge in [0.15, 0.2) is 0 Å². The molecule has 1 aliphatic heterocycles. The van der Waals surface area contributed by atoms with E-state index in [2.05, 4.69) is 45.3 Å². The number of nitrogens with one attached hydrogen (secondary N) is 2. The van der Waals surface area contributed by atoms with Crippen LogP contribution in [0.5, 0.6) is 0 Å². The molecule has 5 rings (SSSR count). The van der Waals surface area contributed by atoms with Gasteiger partial charge in [-0.2, -0.15) is 11.8 Å². The van der Waals surface area contributed by atoms with Gasteiger partial charge in [-0.3, -0.25) is 4.79 Å². The summed E-state index contributed by atoms with van der Waals surface area (Å²) < 4.78 is 0. The zero-order valence-electron chi connectivity index (χ0n) is 19.8. The summed E-state index contributed by atoms with van der Waals surface area (Å²) in [4.78, 5) is 35.2. The minimum absolute atomic E-state index is 0.0000405. The van der Waals surface area contributed by atoms with Crippen LogP contribution in [0.1, 0.15) is 41.6 Å². The third kappa shape index (κ3) is 4.51. The fraction of sp³-hybridized carbons (Fsp3) is 0.440. The Morgan fingerprint density at radius 1 is 1.26 bits per heavy atom. The van der Waals surface area contributed by atoms with E-state index in [1.54, 1.807) is 29.4 Å². The largest absolute Gasteiger partial charge is 0.356 e. The molecule has 3 aromatic heterocycles. The van der Waals surface area contributed by atoms with Crippen LogP contribution in [0.4, 0.5) is 5.82 Å². The Morgan fingerprint density at radius 3 is 2.82 bits per heavy atom. The van der Waals surface area contributed by atoms with Gasteiger partial charge in [0, 0.05) is 23.9 Å². The van der Waals surface area contributed by atoms with Gasteiger partial charge in [-0.05, 0) is 62.8 Å². The van der Waals surface area contributed by atoms with Crippen LogP contribution in [0.15, 0.2) is 30.6 Å². The second-order valence-electron chi connectivity index (χ2n) is 8.90. The normalized spacial score (nSPS) is 15.8. The van der Waals surface area contributed by atoms with Gasteiger partial charge in [-0.1, -0.05) is 12.1 Å². The molecule has 0 aliphatic carbocycles. The molecule has 4 aromatic rings. The highest BCUT2D eigenvalue weighted by atomic mass is 32.2. The van der Waals surface area contributed by atoms with Crippen molar-refractivity contribution < 1.29 is 4.79 Å². The first-order valence-corrected chi connectivity index (χ1v) is 14.0. The number of para-hydroxylation sites is 2. The summed E-state index contributed by atoms with van der Waals surface area (Å²) in [6.07, 6.45) is 6.23. The van der Waals surface area contributed by atoms with Crippen molar-refractivity contribution in [3.05, 3.63) is 46.9 Å². The SMILES string of the molecule is CSCC[C@@H](NC(=O)C1CCN(c2ncnc3sc(C)c(C)c23)CC1)c1nc2ccccc2[nH]1. The summed E-state index contributed by atoms with van der Waals surface area (Å²) in [5.41, 5.74) is 3.20. The second-order valence-corrected chi connectivity index (χ2v) is 11.1. The molecule has 9 heteroatoms. The predicted octanol–water partition coefficient (Wildman–Crippen LogP) is 5.01. The lowest BCUT2D eigenvalue weighted by Gasteiger charge is -2.33. The number of imidazole rings is 1. The van der Waals surface area contributed by atoms with E-state index in [4.69, 9.17) is 4.98 Å². The van der Waals surface area contributed by atoms with Crippen LogP contribution in [0.25, 0.3) is 21.3 Å². The fourth-order valence-corrected chi connectivity index (χ4v) is 6.16. The van der Waals surface area contributed by atoms with E-state index < -0.39 is 0 Å². The molecule has 34 heavy (non-hydrogen) atoms. The molecule has 1 aliphatic rings. The molecule has 1 saturated heterocycles. The first kappa shape index (κ1) is 23.1. The number of thiophene rings is 1. The van der Waals surface area contributed by atoms with Gasteiger partial charge in [-0.25, -0.2) is 15.0 Å². The second kappa shape index (κ2) is 9.92. The first-order chi connectivity index (χ1) is 16.5. The maximum atomic E-state index is 13.3. The number of H-pyrrole nitrogens is 1. The summed E-state index contributed by atoms with van der Waals surface area (Å²) in [5, 5.41) is 4.47. The Bertz CT molecular complexity index is 1270. The number of anilines is 1. The number of nitrogens with zero attached hydrogens (tertiary/aromatic N) is 4. The molecule has 0 bridgehead atoms. The van der Waals surface area contributed by atoms with Crippen LogP contribution in [0, 0.1) is 19.8 Å². The van der Waals surface area contributed by atoms with Crippen molar-refractivity contribution in [2.45, 2.75) is 39.2 Å². The molecule has 0 saturated carbocycles. The Kier molecular flexibility index (Phi) is 6.74. The van der Waals surface area contributed by atoms with Gasteiger partial charge in [0.25, 0.3) is 0 Å². The standard InChI is InChI=1S/C25H30N6OS2/c1-15-16(2)34-25-21(15)23(26-14-27-25)31-11-8-17(9-12-31)24(32)30-20(10-13-33-3)22-28-18-6-4-5-7-19(18)29-22/h4-7,14,17,20H,8-13H2,1-3H3,(H,28,29)(H,30,32)/t20-/m1/s1. The van der Waals surface area contributed by atoms with Gasteiger partial charge in [0.05, 0.1) is 22.5 Å². The number of aromatic nitrogens is 4. The zero-order valence-corrected chi connectivity index (χ0v) is 21.4. The monoisotopic (exact) mass is 494 g/mol. The smallest absolute Gasteiger partial charge is 0.223 e. The van der Waals surface area contributed by atoms with Gasteiger partial charge in [-0.15, -0.1) is 11.3 Å². The van der Waals surface area contributed by atoms with Crippen molar-refractivity contribution in [2.75, 3.05) is 30.0 Å². The van der Waals surface area contributed by atoms with E-state index in [1.807, 2.05) is 24.3 Å².